The van der Waals surface area contributed by atoms with E-state index in [9.17, 15) is 4.79 Å². The highest BCUT2D eigenvalue weighted by molar-refractivity contribution is 5.89. The Kier molecular flexibility index (Phi) is 4.91. The number of fused-ring (bicyclic) bond motifs is 3. The Labute approximate surface area is 191 Å². The third-order valence-corrected chi connectivity index (χ3v) is 7.01. The molecule has 4 atom stereocenters. The molecule has 3 heterocycles. The first-order valence-electron chi connectivity index (χ1n) is 11.4. The first-order chi connectivity index (χ1) is 16.2. The van der Waals surface area contributed by atoms with Gasteiger partial charge in [0.1, 0.15) is 11.5 Å². The predicted octanol–water partition coefficient (Wildman–Crippen LogP) is 2.63. The summed E-state index contributed by atoms with van der Waals surface area (Å²) in [5, 5.41) is 7.73. The van der Waals surface area contributed by atoms with Gasteiger partial charge in [-0.2, -0.15) is 9.97 Å². The van der Waals surface area contributed by atoms with E-state index in [0.717, 1.165) is 49.4 Å². The molecule has 5 N–H and O–H groups in total. The van der Waals surface area contributed by atoms with Crippen LogP contribution in [0.25, 0.3) is 11.0 Å². The maximum atomic E-state index is 12.1. The molecule has 33 heavy (non-hydrogen) atoms. The molecule has 2 aromatic heterocycles. The van der Waals surface area contributed by atoms with E-state index in [-0.39, 0.29) is 29.7 Å². The molecule has 1 aromatic carbocycles. The molecular formula is C24H27N7O2. The van der Waals surface area contributed by atoms with Gasteiger partial charge in [0.25, 0.3) is 0 Å². The highest BCUT2D eigenvalue weighted by Crippen LogP contribution is 2.45. The molecule has 6 rings (SSSR count). The van der Waals surface area contributed by atoms with Gasteiger partial charge in [0.2, 0.25) is 11.9 Å². The monoisotopic (exact) mass is 445 g/mol. The van der Waals surface area contributed by atoms with Crippen molar-refractivity contribution in [3.63, 3.8) is 0 Å². The molecule has 3 aliphatic rings. The molecular weight excluding hydrogens is 418 g/mol. The van der Waals surface area contributed by atoms with Crippen molar-refractivity contribution < 1.29 is 9.53 Å². The SMILES string of the molecule is NC(=O)C1C2C=CC(C2)C1Nc1nc(Nc2ccc(N3CCOCC3)cc2)nc2[nH]ccc12. The van der Waals surface area contributed by atoms with E-state index in [1.54, 1.807) is 0 Å². The molecule has 0 radical (unpaired) electrons. The summed E-state index contributed by atoms with van der Waals surface area (Å²) < 4.78 is 5.44. The number of ether oxygens (including phenoxy) is 1. The molecule has 4 unspecified atom stereocenters. The van der Waals surface area contributed by atoms with E-state index < -0.39 is 0 Å². The summed E-state index contributed by atoms with van der Waals surface area (Å²) in [5.74, 6) is 1.18. The van der Waals surface area contributed by atoms with Crippen LogP contribution in [-0.2, 0) is 9.53 Å². The first-order valence-corrected chi connectivity index (χ1v) is 11.4. The first kappa shape index (κ1) is 20.0. The summed E-state index contributed by atoms with van der Waals surface area (Å²) in [4.78, 5) is 27.0. The Hall–Kier alpha value is -3.59. The second kappa shape index (κ2) is 8.08. The highest BCUT2D eigenvalue weighted by atomic mass is 16.5. The summed E-state index contributed by atoms with van der Waals surface area (Å²) in [5.41, 5.74) is 8.55. The third kappa shape index (κ3) is 3.68. The minimum Gasteiger partial charge on any atom is -0.378 e. The molecule has 1 saturated heterocycles. The van der Waals surface area contributed by atoms with Gasteiger partial charge in [0, 0.05) is 36.7 Å². The number of H-pyrrole nitrogens is 1. The van der Waals surface area contributed by atoms with Crippen LogP contribution in [0, 0.1) is 17.8 Å². The molecule has 3 aromatic rings. The van der Waals surface area contributed by atoms with Gasteiger partial charge in [0.05, 0.1) is 24.5 Å². The molecule has 1 aliphatic heterocycles. The van der Waals surface area contributed by atoms with Crippen molar-refractivity contribution in [2.45, 2.75) is 12.5 Å². The van der Waals surface area contributed by atoms with Crippen molar-refractivity contribution >= 4 is 40.1 Å². The molecule has 9 nitrogen and oxygen atoms in total. The number of hydrogen-bond donors (Lipinski definition) is 4. The number of nitrogens with two attached hydrogens (primary N) is 1. The molecule has 2 aliphatic carbocycles. The lowest BCUT2D eigenvalue weighted by Crippen LogP contribution is -2.41. The van der Waals surface area contributed by atoms with Crippen LogP contribution in [0.3, 0.4) is 0 Å². The molecule has 170 valence electrons. The zero-order valence-corrected chi connectivity index (χ0v) is 18.2. The maximum absolute atomic E-state index is 12.1. The van der Waals surface area contributed by atoms with Gasteiger partial charge in [-0.15, -0.1) is 0 Å². The zero-order chi connectivity index (χ0) is 22.4. The fourth-order valence-electron chi connectivity index (χ4n) is 5.38. The van der Waals surface area contributed by atoms with E-state index >= 15 is 0 Å². The molecule has 1 saturated carbocycles. The van der Waals surface area contributed by atoms with E-state index in [0.29, 0.717) is 11.8 Å². The number of morpholine rings is 1. The second-order valence-corrected chi connectivity index (χ2v) is 8.95. The molecule has 1 amide bonds. The number of hydrogen-bond acceptors (Lipinski definition) is 7. The smallest absolute Gasteiger partial charge is 0.231 e. The fraction of sp³-hybridized carbons (Fsp3) is 0.375. The Morgan fingerprint density at radius 1 is 1.09 bits per heavy atom. The van der Waals surface area contributed by atoms with E-state index in [2.05, 4.69) is 49.8 Å². The fourth-order valence-corrected chi connectivity index (χ4v) is 5.38. The van der Waals surface area contributed by atoms with E-state index in [1.807, 2.05) is 24.4 Å². The van der Waals surface area contributed by atoms with Crippen LogP contribution in [-0.4, -0.2) is 53.2 Å². The van der Waals surface area contributed by atoms with Crippen molar-refractivity contribution in [3.05, 3.63) is 48.7 Å². The van der Waals surface area contributed by atoms with Gasteiger partial charge in [-0.05, 0) is 48.6 Å². The number of nitrogens with one attached hydrogen (secondary N) is 3. The Bertz CT molecular complexity index is 1200. The minimum absolute atomic E-state index is 0.0637. The lowest BCUT2D eigenvalue weighted by molar-refractivity contribution is -0.122. The van der Waals surface area contributed by atoms with Crippen LogP contribution in [0.1, 0.15) is 6.42 Å². The molecule has 9 heteroatoms. The highest BCUT2D eigenvalue weighted by Gasteiger charge is 2.47. The van der Waals surface area contributed by atoms with Gasteiger partial charge in [-0.1, -0.05) is 12.2 Å². The number of rotatable bonds is 6. The number of carbonyl (C=O) groups excluding carboxylic acids is 1. The number of benzene rings is 1. The lowest BCUT2D eigenvalue weighted by atomic mass is 9.88. The standard InChI is InChI=1S/C24H27N7O2/c25-21(32)19-14-1-2-15(13-14)20(19)28-23-18-7-8-26-22(18)29-24(30-23)27-16-3-5-17(6-4-16)31-9-11-33-12-10-31/h1-8,14-15,19-20H,9-13H2,(H2,25,32)(H3,26,27,28,29,30). The normalized spacial score (nSPS) is 26.1. The Morgan fingerprint density at radius 2 is 1.88 bits per heavy atom. The summed E-state index contributed by atoms with van der Waals surface area (Å²) in [6.07, 6.45) is 7.11. The second-order valence-electron chi connectivity index (χ2n) is 8.95. The lowest BCUT2D eigenvalue weighted by Gasteiger charge is -2.29. The summed E-state index contributed by atoms with van der Waals surface area (Å²) >= 11 is 0. The van der Waals surface area contributed by atoms with Gasteiger partial charge in [-0.25, -0.2) is 0 Å². The third-order valence-electron chi connectivity index (χ3n) is 7.01. The topological polar surface area (TPSA) is 121 Å². The van der Waals surface area contributed by atoms with Gasteiger partial charge < -0.3 is 31.0 Å². The number of amides is 1. The van der Waals surface area contributed by atoms with Crippen molar-refractivity contribution in [1.82, 2.24) is 15.0 Å². The van der Waals surface area contributed by atoms with E-state index in [1.165, 1.54) is 5.69 Å². The largest absolute Gasteiger partial charge is 0.378 e. The number of carbonyl (C=O) groups is 1. The van der Waals surface area contributed by atoms with Crippen LogP contribution in [0.4, 0.5) is 23.1 Å². The van der Waals surface area contributed by atoms with Crippen molar-refractivity contribution in [2.24, 2.45) is 23.5 Å². The minimum atomic E-state index is -0.262. The van der Waals surface area contributed by atoms with Gasteiger partial charge in [-0.3, -0.25) is 4.79 Å². The van der Waals surface area contributed by atoms with E-state index in [4.69, 9.17) is 15.5 Å². The molecule has 2 fully saturated rings. The van der Waals surface area contributed by atoms with Crippen molar-refractivity contribution in [1.29, 1.82) is 0 Å². The molecule has 0 spiro atoms. The van der Waals surface area contributed by atoms with Crippen LogP contribution in [0.15, 0.2) is 48.7 Å². The Balaban J connectivity index is 1.25. The van der Waals surface area contributed by atoms with Gasteiger partial charge in [0.15, 0.2) is 0 Å². The van der Waals surface area contributed by atoms with Crippen molar-refractivity contribution in [3.8, 4) is 0 Å². The van der Waals surface area contributed by atoms with Crippen molar-refractivity contribution in [2.75, 3.05) is 41.8 Å². The summed E-state index contributed by atoms with van der Waals surface area (Å²) in [6.45, 7) is 3.32. The number of anilines is 4. The molecule has 2 bridgehead atoms. The summed E-state index contributed by atoms with van der Waals surface area (Å²) in [7, 11) is 0. The number of aromatic nitrogens is 3. The number of nitrogens with zero attached hydrogens (tertiary/aromatic N) is 3. The average Bonchev–Trinajstić information content (AvgIpc) is 3.56. The number of primary amides is 1. The maximum Gasteiger partial charge on any atom is 0.231 e. The van der Waals surface area contributed by atoms with Crippen LogP contribution < -0.4 is 21.3 Å². The van der Waals surface area contributed by atoms with Gasteiger partial charge >= 0.3 is 0 Å². The Morgan fingerprint density at radius 3 is 2.67 bits per heavy atom. The predicted molar refractivity (Wildman–Crippen MR) is 127 cm³/mol. The summed E-state index contributed by atoms with van der Waals surface area (Å²) in [6, 6.07) is 10.1. The van der Waals surface area contributed by atoms with Crippen LogP contribution in [0.5, 0.6) is 0 Å². The quantitative estimate of drug-likeness (QED) is 0.430. The number of aromatic amines is 1. The zero-order valence-electron chi connectivity index (χ0n) is 18.2. The number of allylic oxidation sites excluding steroid dienone is 1. The average molecular weight is 446 g/mol. The van der Waals surface area contributed by atoms with Crippen LogP contribution >= 0.6 is 0 Å². The van der Waals surface area contributed by atoms with Crippen LogP contribution in [0.2, 0.25) is 0 Å².